The zero-order valence-corrected chi connectivity index (χ0v) is 11.2. The second kappa shape index (κ2) is 6.68. The van der Waals surface area contributed by atoms with Crippen LogP contribution in [0.4, 0.5) is 0 Å². The summed E-state index contributed by atoms with van der Waals surface area (Å²) in [5.41, 5.74) is 0. The van der Waals surface area contributed by atoms with E-state index in [1.165, 1.54) is 10.6 Å². The van der Waals surface area contributed by atoms with Gasteiger partial charge in [-0.15, -0.1) is 0 Å². The van der Waals surface area contributed by atoms with Gasteiger partial charge in [0.15, 0.2) is 0 Å². The zero-order valence-electron chi connectivity index (χ0n) is 10.4. The Morgan fingerprint density at radius 1 is 1.47 bits per heavy atom. The summed E-state index contributed by atoms with van der Waals surface area (Å²) in [5.74, 6) is 0.243. The maximum atomic E-state index is 11.4. The average Bonchev–Trinajstić information content (AvgIpc) is 2.25. The van der Waals surface area contributed by atoms with Gasteiger partial charge in [0.1, 0.15) is 0 Å². The number of aliphatic hydroxyl groups excluding tert-OH is 2. The molecule has 1 aliphatic rings. The van der Waals surface area contributed by atoms with Crippen LogP contribution < -0.4 is 0 Å². The number of sulfonamides is 1. The van der Waals surface area contributed by atoms with Crippen LogP contribution in [0, 0.1) is 5.92 Å². The molecule has 0 saturated carbocycles. The fourth-order valence-electron chi connectivity index (χ4n) is 2.35. The van der Waals surface area contributed by atoms with Crippen molar-refractivity contribution in [1.82, 2.24) is 4.31 Å². The van der Waals surface area contributed by atoms with E-state index in [0.29, 0.717) is 32.4 Å². The van der Waals surface area contributed by atoms with Crippen LogP contribution >= 0.6 is 0 Å². The monoisotopic (exact) mass is 265 g/mol. The van der Waals surface area contributed by atoms with Gasteiger partial charge in [0.2, 0.25) is 10.0 Å². The summed E-state index contributed by atoms with van der Waals surface area (Å²) < 4.78 is 24.3. The first kappa shape index (κ1) is 14.9. The average molecular weight is 265 g/mol. The summed E-state index contributed by atoms with van der Waals surface area (Å²) in [4.78, 5) is 0. The van der Waals surface area contributed by atoms with Crippen LogP contribution in [0.5, 0.6) is 0 Å². The van der Waals surface area contributed by atoms with Gasteiger partial charge in [-0.3, -0.25) is 0 Å². The molecule has 2 atom stereocenters. The van der Waals surface area contributed by atoms with Crippen LogP contribution in [-0.4, -0.2) is 55.0 Å². The molecule has 17 heavy (non-hydrogen) atoms. The van der Waals surface area contributed by atoms with E-state index in [9.17, 15) is 13.5 Å². The molecule has 5 nitrogen and oxygen atoms in total. The minimum atomic E-state index is -3.10. The highest BCUT2D eigenvalue weighted by Crippen LogP contribution is 2.23. The molecule has 2 N–H and O–H groups in total. The van der Waals surface area contributed by atoms with Crippen molar-refractivity contribution in [1.29, 1.82) is 0 Å². The van der Waals surface area contributed by atoms with Gasteiger partial charge in [0, 0.05) is 19.7 Å². The Bertz CT molecular complexity index is 317. The Balaban J connectivity index is 2.39. The van der Waals surface area contributed by atoms with Gasteiger partial charge < -0.3 is 10.2 Å². The van der Waals surface area contributed by atoms with Crippen molar-refractivity contribution >= 4 is 10.0 Å². The Labute approximate surface area is 103 Å². The molecule has 0 aromatic heterocycles. The molecule has 102 valence electrons. The summed E-state index contributed by atoms with van der Waals surface area (Å²) in [7, 11) is -3.10. The minimum Gasteiger partial charge on any atom is -0.396 e. The molecule has 1 saturated heterocycles. The molecule has 0 amide bonds. The van der Waals surface area contributed by atoms with Crippen LogP contribution in [-0.2, 0) is 10.0 Å². The summed E-state index contributed by atoms with van der Waals surface area (Å²) >= 11 is 0. The number of piperidine rings is 1. The standard InChI is InChI=1S/C11H23NO4S/c1-17(15,16)12-6-2-4-10(9-12)8-11(14)5-3-7-13/h10-11,13-14H,2-9H2,1H3. The lowest BCUT2D eigenvalue weighted by atomic mass is 9.92. The van der Waals surface area contributed by atoms with Crippen molar-refractivity contribution in [3.63, 3.8) is 0 Å². The van der Waals surface area contributed by atoms with E-state index in [2.05, 4.69) is 0 Å². The molecule has 2 unspecified atom stereocenters. The van der Waals surface area contributed by atoms with Gasteiger partial charge >= 0.3 is 0 Å². The van der Waals surface area contributed by atoms with E-state index in [-0.39, 0.29) is 12.5 Å². The van der Waals surface area contributed by atoms with Crippen molar-refractivity contribution in [2.75, 3.05) is 26.0 Å². The molecule has 0 spiro atoms. The smallest absolute Gasteiger partial charge is 0.211 e. The summed E-state index contributed by atoms with van der Waals surface area (Å²) in [5, 5.41) is 18.4. The Morgan fingerprint density at radius 3 is 2.76 bits per heavy atom. The Kier molecular flexibility index (Phi) is 5.85. The van der Waals surface area contributed by atoms with E-state index in [4.69, 9.17) is 5.11 Å². The van der Waals surface area contributed by atoms with Gasteiger partial charge in [-0.25, -0.2) is 12.7 Å². The lowest BCUT2D eigenvalue weighted by molar-refractivity contribution is 0.106. The molecule has 0 aromatic rings. The predicted molar refractivity (Wildman–Crippen MR) is 66.1 cm³/mol. The topological polar surface area (TPSA) is 77.8 Å². The van der Waals surface area contributed by atoms with Crippen LogP contribution in [0.25, 0.3) is 0 Å². The van der Waals surface area contributed by atoms with E-state index in [1.54, 1.807) is 0 Å². The first-order chi connectivity index (χ1) is 7.93. The lowest BCUT2D eigenvalue weighted by Crippen LogP contribution is -2.40. The summed E-state index contributed by atoms with van der Waals surface area (Å²) in [6.45, 7) is 1.22. The van der Waals surface area contributed by atoms with Crippen LogP contribution in [0.15, 0.2) is 0 Å². The molecular weight excluding hydrogens is 242 g/mol. The van der Waals surface area contributed by atoms with Gasteiger partial charge in [-0.05, 0) is 38.0 Å². The fourth-order valence-corrected chi connectivity index (χ4v) is 3.29. The molecule has 0 aromatic carbocycles. The third-order valence-corrected chi connectivity index (χ3v) is 4.52. The van der Waals surface area contributed by atoms with Gasteiger partial charge in [0.05, 0.1) is 12.4 Å². The maximum Gasteiger partial charge on any atom is 0.211 e. The van der Waals surface area contributed by atoms with Gasteiger partial charge in [0.25, 0.3) is 0 Å². The highest BCUT2D eigenvalue weighted by atomic mass is 32.2. The SMILES string of the molecule is CS(=O)(=O)N1CCCC(CC(O)CCCO)C1. The molecule has 1 rings (SSSR count). The second-order valence-corrected chi connectivity index (χ2v) is 6.87. The van der Waals surface area contributed by atoms with Gasteiger partial charge in [-0.2, -0.15) is 0 Å². The van der Waals surface area contributed by atoms with Gasteiger partial charge in [-0.1, -0.05) is 0 Å². The highest BCUT2D eigenvalue weighted by molar-refractivity contribution is 7.88. The third-order valence-electron chi connectivity index (χ3n) is 3.25. The second-order valence-electron chi connectivity index (χ2n) is 4.88. The quantitative estimate of drug-likeness (QED) is 0.718. The summed E-state index contributed by atoms with van der Waals surface area (Å²) in [6.07, 6.45) is 4.47. The van der Waals surface area contributed by atoms with Crippen LogP contribution in [0.1, 0.15) is 32.1 Å². The molecular formula is C11H23NO4S. The van der Waals surface area contributed by atoms with E-state index < -0.39 is 16.1 Å². The number of rotatable bonds is 6. The minimum absolute atomic E-state index is 0.0944. The predicted octanol–water partition coefficient (Wildman–Crippen LogP) is 0.182. The number of hydrogen-bond donors (Lipinski definition) is 2. The largest absolute Gasteiger partial charge is 0.396 e. The lowest BCUT2D eigenvalue weighted by Gasteiger charge is -2.32. The third kappa shape index (κ3) is 5.33. The van der Waals surface area contributed by atoms with E-state index in [0.717, 1.165) is 12.8 Å². The van der Waals surface area contributed by atoms with Crippen molar-refractivity contribution in [2.24, 2.45) is 5.92 Å². The Hall–Kier alpha value is -0.170. The number of hydrogen-bond acceptors (Lipinski definition) is 4. The van der Waals surface area contributed by atoms with Crippen molar-refractivity contribution in [3.8, 4) is 0 Å². The maximum absolute atomic E-state index is 11.4. The van der Waals surface area contributed by atoms with E-state index >= 15 is 0 Å². The molecule has 0 radical (unpaired) electrons. The number of nitrogens with zero attached hydrogens (tertiary/aromatic N) is 1. The first-order valence-corrected chi connectivity index (χ1v) is 8.02. The molecule has 0 aliphatic carbocycles. The van der Waals surface area contributed by atoms with E-state index in [1.807, 2.05) is 0 Å². The van der Waals surface area contributed by atoms with Crippen molar-refractivity contribution < 1.29 is 18.6 Å². The van der Waals surface area contributed by atoms with Crippen molar-refractivity contribution in [2.45, 2.75) is 38.2 Å². The normalized spacial score (nSPS) is 24.8. The Morgan fingerprint density at radius 2 is 2.18 bits per heavy atom. The zero-order chi connectivity index (χ0) is 12.9. The van der Waals surface area contributed by atoms with Crippen molar-refractivity contribution in [3.05, 3.63) is 0 Å². The molecule has 6 heteroatoms. The molecule has 0 bridgehead atoms. The number of aliphatic hydroxyl groups is 2. The van der Waals surface area contributed by atoms with Crippen LogP contribution in [0.2, 0.25) is 0 Å². The van der Waals surface area contributed by atoms with Crippen LogP contribution in [0.3, 0.4) is 0 Å². The highest BCUT2D eigenvalue weighted by Gasteiger charge is 2.26. The summed E-state index contributed by atoms with van der Waals surface area (Å²) in [6, 6.07) is 0. The molecule has 1 heterocycles. The molecule has 1 fully saturated rings. The molecule has 1 aliphatic heterocycles. The fraction of sp³-hybridized carbons (Fsp3) is 1.00. The first-order valence-electron chi connectivity index (χ1n) is 6.17.